The van der Waals surface area contributed by atoms with Gasteiger partial charge < -0.3 is 4.74 Å². The van der Waals surface area contributed by atoms with E-state index in [2.05, 4.69) is 32.9 Å². The topological polar surface area (TPSA) is 26.3 Å². The molecule has 0 saturated heterocycles. The molecule has 104 valence electrons. The Balaban J connectivity index is 2.78. The lowest BCUT2D eigenvalue weighted by molar-refractivity contribution is -0.148. The van der Waals surface area contributed by atoms with E-state index in [9.17, 15) is 4.79 Å². The van der Waals surface area contributed by atoms with Gasteiger partial charge in [0, 0.05) is 6.08 Å². The quantitative estimate of drug-likeness (QED) is 0.592. The van der Waals surface area contributed by atoms with Crippen LogP contribution < -0.4 is 0 Å². The highest BCUT2D eigenvalue weighted by atomic mass is 16.6. The fourth-order valence-electron chi connectivity index (χ4n) is 1.95. The molecule has 0 fully saturated rings. The normalized spacial score (nSPS) is 12.2. The molecule has 19 heavy (non-hydrogen) atoms. The van der Waals surface area contributed by atoms with E-state index in [0.717, 1.165) is 5.56 Å². The van der Waals surface area contributed by atoms with Gasteiger partial charge >= 0.3 is 5.97 Å². The standard InChI is InChI=1S/C17H24O2/c1-12(2)15-9-7-14(11-13(15)3)8-10-16(18)19-17(4,5)6/h7-12H,1-6H3/b10-8+. The molecule has 0 amide bonds. The molecule has 0 saturated carbocycles. The first-order valence-electron chi connectivity index (χ1n) is 6.70. The highest BCUT2D eigenvalue weighted by Gasteiger charge is 2.13. The molecule has 1 aromatic rings. The monoisotopic (exact) mass is 260 g/mol. The minimum Gasteiger partial charge on any atom is -0.457 e. The van der Waals surface area contributed by atoms with E-state index in [1.54, 1.807) is 6.08 Å². The Morgan fingerprint density at radius 2 is 1.89 bits per heavy atom. The third-order valence-corrected chi connectivity index (χ3v) is 2.73. The highest BCUT2D eigenvalue weighted by molar-refractivity contribution is 5.87. The molecule has 1 rings (SSSR count). The summed E-state index contributed by atoms with van der Waals surface area (Å²) in [5, 5.41) is 0. The molecule has 2 heteroatoms. The fourth-order valence-corrected chi connectivity index (χ4v) is 1.95. The van der Waals surface area contributed by atoms with Crippen molar-refractivity contribution < 1.29 is 9.53 Å². The Bertz CT molecular complexity index is 477. The maximum absolute atomic E-state index is 11.6. The van der Waals surface area contributed by atoms with E-state index in [4.69, 9.17) is 4.74 Å². The molecule has 0 aliphatic carbocycles. The number of carbonyl (C=O) groups excluding carboxylic acids is 1. The predicted octanol–water partition coefficient (Wildman–Crippen LogP) is 4.47. The Labute approximate surface area is 116 Å². The molecular weight excluding hydrogens is 236 g/mol. The molecule has 0 unspecified atom stereocenters. The zero-order valence-corrected chi connectivity index (χ0v) is 12.8. The van der Waals surface area contributed by atoms with Gasteiger partial charge in [-0.1, -0.05) is 32.0 Å². The second-order valence-corrected chi connectivity index (χ2v) is 6.14. The Kier molecular flexibility index (Phi) is 4.93. The van der Waals surface area contributed by atoms with Crippen LogP contribution in [-0.4, -0.2) is 11.6 Å². The van der Waals surface area contributed by atoms with Gasteiger partial charge in [0.1, 0.15) is 5.60 Å². The van der Waals surface area contributed by atoms with Gasteiger partial charge in [-0.3, -0.25) is 0 Å². The maximum atomic E-state index is 11.6. The Hall–Kier alpha value is -1.57. The van der Waals surface area contributed by atoms with E-state index in [0.29, 0.717) is 5.92 Å². The number of esters is 1. The number of aryl methyl sites for hydroxylation is 1. The lowest BCUT2D eigenvalue weighted by Gasteiger charge is -2.17. The summed E-state index contributed by atoms with van der Waals surface area (Å²) in [7, 11) is 0. The van der Waals surface area contributed by atoms with E-state index in [-0.39, 0.29) is 5.97 Å². The molecule has 0 aromatic heterocycles. The van der Waals surface area contributed by atoms with Gasteiger partial charge in [-0.05, 0) is 56.4 Å². The average molecular weight is 260 g/mol. The van der Waals surface area contributed by atoms with Crippen molar-refractivity contribution in [2.45, 2.75) is 53.1 Å². The second-order valence-electron chi connectivity index (χ2n) is 6.14. The van der Waals surface area contributed by atoms with Crippen LogP contribution in [-0.2, 0) is 9.53 Å². The van der Waals surface area contributed by atoms with Gasteiger partial charge in [-0.2, -0.15) is 0 Å². The molecule has 0 atom stereocenters. The van der Waals surface area contributed by atoms with Gasteiger partial charge in [-0.25, -0.2) is 4.79 Å². The van der Waals surface area contributed by atoms with Crippen molar-refractivity contribution >= 4 is 12.0 Å². The number of rotatable bonds is 3. The SMILES string of the molecule is Cc1cc(/C=C/C(=O)OC(C)(C)C)ccc1C(C)C. The summed E-state index contributed by atoms with van der Waals surface area (Å²) in [5.41, 5.74) is 3.17. The van der Waals surface area contributed by atoms with Crippen LogP contribution >= 0.6 is 0 Å². The summed E-state index contributed by atoms with van der Waals surface area (Å²) >= 11 is 0. The van der Waals surface area contributed by atoms with Crippen molar-refractivity contribution in [2.75, 3.05) is 0 Å². The predicted molar refractivity (Wildman–Crippen MR) is 80.1 cm³/mol. The van der Waals surface area contributed by atoms with Crippen LogP contribution in [0.3, 0.4) is 0 Å². The van der Waals surface area contributed by atoms with Crippen LogP contribution in [0.4, 0.5) is 0 Å². The van der Waals surface area contributed by atoms with Crippen LogP contribution in [0.2, 0.25) is 0 Å². The zero-order chi connectivity index (χ0) is 14.6. The lowest BCUT2D eigenvalue weighted by Crippen LogP contribution is -2.22. The summed E-state index contributed by atoms with van der Waals surface area (Å²) in [4.78, 5) is 11.6. The van der Waals surface area contributed by atoms with Crippen molar-refractivity contribution in [3.8, 4) is 0 Å². The Morgan fingerprint density at radius 3 is 2.37 bits per heavy atom. The summed E-state index contributed by atoms with van der Waals surface area (Å²) < 4.78 is 5.23. The molecule has 0 aliphatic rings. The lowest BCUT2D eigenvalue weighted by atomic mass is 9.96. The van der Waals surface area contributed by atoms with Gasteiger partial charge in [0.15, 0.2) is 0 Å². The number of ether oxygens (including phenoxy) is 1. The molecule has 0 bridgehead atoms. The van der Waals surface area contributed by atoms with Crippen LogP contribution in [0.15, 0.2) is 24.3 Å². The number of carbonyl (C=O) groups is 1. The molecule has 2 nitrogen and oxygen atoms in total. The summed E-state index contributed by atoms with van der Waals surface area (Å²) in [6.45, 7) is 12.0. The van der Waals surface area contributed by atoms with Crippen LogP contribution in [0.5, 0.6) is 0 Å². The number of hydrogen-bond acceptors (Lipinski definition) is 2. The molecule has 1 aromatic carbocycles. The third-order valence-electron chi connectivity index (χ3n) is 2.73. The van der Waals surface area contributed by atoms with Gasteiger partial charge in [0.25, 0.3) is 0 Å². The number of hydrogen-bond donors (Lipinski definition) is 0. The molecule has 0 radical (unpaired) electrons. The minimum absolute atomic E-state index is 0.307. The van der Waals surface area contributed by atoms with Crippen LogP contribution in [0, 0.1) is 6.92 Å². The molecule has 0 aliphatic heterocycles. The van der Waals surface area contributed by atoms with E-state index in [1.807, 2.05) is 26.8 Å². The smallest absolute Gasteiger partial charge is 0.331 e. The molecular formula is C17H24O2. The van der Waals surface area contributed by atoms with E-state index >= 15 is 0 Å². The van der Waals surface area contributed by atoms with Crippen molar-refractivity contribution in [1.82, 2.24) is 0 Å². The number of benzene rings is 1. The molecule has 0 N–H and O–H groups in total. The Morgan fingerprint density at radius 1 is 1.26 bits per heavy atom. The van der Waals surface area contributed by atoms with Crippen molar-refractivity contribution in [1.29, 1.82) is 0 Å². The first-order chi connectivity index (χ1) is 8.69. The molecule has 0 spiro atoms. The van der Waals surface area contributed by atoms with Crippen molar-refractivity contribution in [2.24, 2.45) is 0 Å². The van der Waals surface area contributed by atoms with Crippen LogP contribution in [0.1, 0.15) is 57.2 Å². The third kappa shape index (κ3) is 5.29. The highest BCUT2D eigenvalue weighted by Crippen LogP contribution is 2.20. The van der Waals surface area contributed by atoms with Gasteiger partial charge in [-0.15, -0.1) is 0 Å². The first kappa shape index (κ1) is 15.5. The minimum atomic E-state index is -0.446. The summed E-state index contributed by atoms with van der Waals surface area (Å²) in [6, 6.07) is 6.24. The fraction of sp³-hybridized carbons (Fsp3) is 0.471. The van der Waals surface area contributed by atoms with Gasteiger partial charge in [0.2, 0.25) is 0 Å². The van der Waals surface area contributed by atoms with Crippen LogP contribution in [0.25, 0.3) is 6.08 Å². The van der Waals surface area contributed by atoms with E-state index in [1.165, 1.54) is 17.2 Å². The average Bonchev–Trinajstić information content (AvgIpc) is 2.23. The zero-order valence-electron chi connectivity index (χ0n) is 12.8. The second kappa shape index (κ2) is 6.05. The van der Waals surface area contributed by atoms with Crippen molar-refractivity contribution in [3.05, 3.63) is 41.0 Å². The largest absolute Gasteiger partial charge is 0.457 e. The summed E-state index contributed by atoms with van der Waals surface area (Å²) in [5.74, 6) is 0.210. The first-order valence-corrected chi connectivity index (χ1v) is 6.70. The van der Waals surface area contributed by atoms with E-state index < -0.39 is 5.60 Å². The van der Waals surface area contributed by atoms with Crippen molar-refractivity contribution in [3.63, 3.8) is 0 Å². The van der Waals surface area contributed by atoms with Gasteiger partial charge in [0.05, 0.1) is 0 Å². The molecule has 0 heterocycles. The maximum Gasteiger partial charge on any atom is 0.331 e. The summed E-state index contributed by atoms with van der Waals surface area (Å²) in [6.07, 6.45) is 3.28.